The van der Waals surface area contributed by atoms with E-state index in [-0.39, 0.29) is 11.9 Å². The Morgan fingerprint density at radius 3 is 2.72 bits per heavy atom. The van der Waals surface area contributed by atoms with Crippen molar-refractivity contribution in [3.05, 3.63) is 89.1 Å². The first-order chi connectivity index (χ1) is 14.1. The minimum absolute atomic E-state index is 0.115. The number of rotatable bonds is 4. The van der Waals surface area contributed by atoms with E-state index in [4.69, 9.17) is 0 Å². The van der Waals surface area contributed by atoms with E-state index in [0.29, 0.717) is 5.56 Å². The largest absolute Gasteiger partial charge is 0.353 e. The second-order valence-corrected chi connectivity index (χ2v) is 7.54. The number of hydrogen-bond acceptors (Lipinski definition) is 4. The fourth-order valence-corrected chi connectivity index (χ4v) is 3.75. The molecule has 29 heavy (non-hydrogen) atoms. The molecule has 0 radical (unpaired) electrons. The number of benzene rings is 2. The van der Waals surface area contributed by atoms with Crippen molar-refractivity contribution in [2.75, 3.05) is 29.9 Å². The van der Waals surface area contributed by atoms with Crippen molar-refractivity contribution >= 4 is 17.4 Å². The van der Waals surface area contributed by atoms with Gasteiger partial charge in [0.25, 0.3) is 5.91 Å². The number of hydrogen-bond donors (Lipinski definition) is 2. The smallest absolute Gasteiger partial charge is 0.255 e. The number of amides is 1. The van der Waals surface area contributed by atoms with E-state index in [1.165, 1.54) is 11.1 Å². The van der Waals surface area contributed by atoms with Crippen LogP contribution in [0.2, 0.25) is 0 Å². The molecule has 0 aliphatic carbocycles. The van der Waals surface area contributed by atoms with E-state index in [1.807, 2.05) is 38.1 Å². The molecule has 1 amide bonds. The highest BCUT2D eigenvalue weighted by Gasteiger charge is 2.22. The number of nitrogens with one attached hydrogen (secondary N) is 2. The van der Waals surface area contributed by atoms with Gasteiger partial charge in [-0.3, -0.25) is 4.79 Å². The summed E-state index contributed by atoms with van der Waals surface area (Å²) in [5.74, 6) is 0.719. The minimum atomic E-state index is -0.115. The molecule has 1 aliphatic heterocycles. The lowest BCUT2D eigenvalue weighted by Crippen LogP contribution is -2.46. The topological polar surface area (TPSA) is 57.3 Å². The summed E-state index contributed by atoms with van der Waals surface area (Å²) in [6.07, 6.45) is 1.71. The van der Waals surface area contributed by atoms with Gasteiger partial charge < -0.3 is 15.5 Å². The molecule has 1 aliphatic rings. The van der Waals surface area contributed by atoms with Gasteiger partial charge >= 0.3 is 0 Å². The zero-order valence-corrected chi connectivity index (χ0v) is 16.9. The molecule has 0 saturated carbocycles. The standard InChI is InChI=1S/C24H26N4O/c1-17-8-9-21(18(2)14-17)27-24(29)20-10-11-26-23(15-20)28-13-12-25-22(16-28)19-6-4-3-5-7-19/h3-11,14-15,22,25H,12-13,16H2,1-2H3,(H,27,29)/t22-/m1/s1. The van der Waals surface area contributed by atoms with Gasteiger partial charge in [0, 0.05) is 43.1 Å². The van der Waals surface area contributed by atoms with Crippen LogP contribution in [0.15, 0.2) is 66.9 Å². The van der Waals surface area contributed by atoms with E-state index in [2.05, 4.69) is 50.8 Å². The Hall–Kier alpha value is -3.18. The number of piperazine rings is 1. The maximum absolute atomic E-state index is 12.8. The van der Waals surface area contributed by atoms with Crippen LogP contribution in [0.1, 0.15) is 33.1 Å². The lowest BCUT2D eigenvalue weighted by Gasteiger charge is -2.34. The third kappa shape index (κ3) is 4.46. The predicted octanol–water partition coefficient (Wildman–Crippen LogP) is 4.10. The number of anilines is 2. The molecule has 1 atom stereocenters. The van der Waals surface area contributed by atoms with Crippen LogP contribution >= 0.6 is 0 Å². The summed E-state index contributed by atoms with van der Waals surface area (Å²) in [6.45, 7) is 6.60. The average Bonchev–Trinajstić information content (AvgIpc) is 2.76. The first kappa shape index (κ1) is 19.2. The van der Waals surface area contributed by atoms with Crippen molar-refractivity contribution in [1.29, 1.82) is 0 Å². The average molecular weight is 386 g/mol. The van der Waals surface area contributed by atoms with Crippen molar-refractivity contribution in [1.82, 2.24) is 10.3 Å². The number of aromatic nitrogens is 1. The van der Waals surface area contributed by atoms with Gasteiger partial charge in [-0.2, -0.15) is 0 Å². The predicted molar refractivity (Wildman–Crippen MR) is 118 cm³/mol. The molecule has 1 saturated heterocycles. The molecule has 5 nitrogen and oxygen atoms in total. The molecule has 4 rings (SSSR count). The third-order valence-electron chi connectivity index (χ3n) is 5.34. The Labute approximate surface area is 171 Å². The maximum atomic E-state index is 12.8. The van der Waals surface area contributed by atoms with Gasteiger partial charge in [0.15, 0.2) is 0 Å². The molecule has 2 aromatic carbocycles. The van der Waals surface area contributed by atoms with Gasteiger partial charge in [-0.15, -0.1) is 0 Å². The monoisotopic (exact) mass is 386 g/mol. The lowest BCUT2D eigenvalue weighted by molar-refractivity contribution is 0.102. The minimum Gasteiger partial charge on any atom is -0.353 e. The van der Waals surface area contributed by atoms with E-state index < -0.39 is 0 Å². The fourth-order valence-electron chi connectivity index (χ4n) is 3.75. The number of carbonyl (C=O) groups is 1. The summed E-state index contributed by atoms with van der Waals surface area (Å²) in [7, 11) is 0. The van der Waals surface area contributed by atoms with E-state index in [1.54, 1.807) is 12.3 Å². The third-order valence-corrected chi connectivity index (χ3v) is 5.34. The molecular weight excluding hydrogens is 360 g/mol. The number of aryl methyl sites for hydroxylation is 2. The first-order valence-corrected chi connectivity index (χ1v) is 9.98. The first-order valence-electron chi connectivity index (χ1n) is 9.98. The van der Waals surface area contributed by atoms with Crippen molar-refractivity contribution in [2.24, 2.45) is 0 Å². The van der Waals surface area contributed by atoms with Gasteiger partial charge in [0.05, 0.1) is 0 Å². The summed E-state index contributed by atoms with van der Waals surface area (Å²) < 4.78 is 0. The highest BCUT2D eigenvalue weighted by molar-refractivity contribution is 6.05. The molecule has 148 valence electrons. The summed E-state index contributed by atoms with van der Waals surface area (Å²) in [5.41, 5.74) is 4.95. The molecule has 2 heterocycles. The summed E-state index contributed by atoms with van der Waals surface area (Å²) in [4.78, 5) is 19.6. The van der Waals surface area contributed by atoms with E-state index in [9.17, 15) is 4.79 Å². The zero-order valence-electron chi connectivity index (χ0n) is 16.9. The maximum Gasteiger partial charge on any atom is 0.255 e. The van der Waals surface area contributed by atoms with Gasteiger partial charge in [0.1, 0.15) is 5.82 Å². The van der Waals surface area contributed by atoms with Crippen LogP contribution < -0.4 is 15.5 Å². The van der Waals surface area contributed by atoms with Crippen molar-refractivity contribution in [3.63, 3.8) is 0 Å². The van der Waals surface area contributed by atoms with Crippen LogP contribution in [0.5, 0.6) is 0 Å². The second kappa shape index (κ2) is 8.45. The second-order valence-electron chi connectivity index (χ2n) is 7.54. The highest BCUT2D eigenvalue weighted by Crippen LogP contribution is 2.22. The van der Waals surface area contributed by atoms with Crippen molar-refractivity contribution in [3.8, 4) is 0 Å². The summed E-state index contributed by atoms with van der Waals surface area (Å²) >= 11 is 0. The number of pyridine rings is 1. The van der Waals surface area contributed by atoms with Crippen molar-refractivity contribution < 1.29 is 4.79 Å². The van der Waals surface area contributed by atoms with Crippen molar-refractivity contribution in [2.45, 2.75) is 19.9 Å². The molecule has 5 heteroatoms. The SMILES string of the molecule is Cc1ccc(NC(=O)c2ccnc(N3CCN[C@@H](c4ccccc4)C3)c2)c(C)c1. The van der Waals surface area contributed by atoms with Crippen LogP contribution in [-0.4, -0.2) is 30.5 Å². The fraction of sp³-hybridized carbons (Fsp3) is 0.250. The molecule has 1 aromatic heterocycles. The number of nitrogens with zero attached hydrogens (tertiary/aromatic N) is 2. The van der Waals surface area contributed by atoms with Gasteiger partial charge in [-0.05, 0) is 43.2 Å². The van der Waals surface area contributed by atoms with Crippen LogP contribution in [-0.2, 0) is 0 Å². The number of carbonyl (C=O) groups excluding carboxylic acids is 1. The molecule has 0 unspecified atom stereocenters. The molecular formula is C24H26N4O. The quantitative estimate of drug-likeness (QED) is 0.709. The summed E-state index contributed by atoms with van der Waals surface area (Å²) in [5, 5.41) is 6.59. The van der Waals surface area contributed by atoms with E-state index in [0.717, 1.165) is 36.7 Å². The Balaban J connectivity index is 1.50. The van der Waals surface area contributed by atoms with Crippen LogP contribution in [0.25, 0.3) is 0 Å². The Morgan fingerprint density at radius 2 is 1.93 bits per heavy atom. The van der Waals surface area contributed by atoms with E-state index >= 15 is 0 Å². The molecule has 2 N–H and O–H groups in total. The molecule has 1 fully saturated rings. The van der Waals surface area contributed by atoms with Gasteiger partial charge in [0.2, 0.25) is 0 Å². The highest BCUT2D eigenvalue weighted by atomic mass is 16.1. The molecule has 3 aromatic rings. The molecule has 0 spiro atoms. The van der Waals surface area contributed by atoms with Crippen LogP contribution in [0, 0.1) is 13.8 Å². The van der Waals surface area contributed by atoms with Gasteiger partial charge in [-0.1, -0.05) is 48.0 Å². The summed E-state index contributed by atoms with van der Waals surface area (Å²) in [6, 6.07) is 20.4. The molecule has 0 bridgehead atoms. The van der Waals surface area contributed by atoms with Gasteiger partial charge in [-0.25, -0.2) is 4.98 Å². The lowest BCUT2D eigenvalue weighted by atomic mass is 10.0. The Kier molecular flexibility index (Phi) is 5.58. The Morgan fingerprint density at radius 1 is 1.10 bits per heavy atom. The normalized spacial score (nSPS) is 16.5. The Bertz CT molecular complexity index is 1000. The van der Waals surface area contributed by atoms with Crippen LogP contribution in [0.3, 0.4) is 0 Å². The van der Waals surface area contributed by atoms with Crippen LogP contribution in [0.4, 0.5) is 11.5 Å². The zero-order chi connectivity index (χ0) is 20.2.